The van der Waals surface area contributed by atoms with E-state index in [1.807, 2.05) is 92.8 Å². The van der Waals surface area contributed by atoms with Gasteiger partial charge in [0, 0.05) is 42.2 Å². The Labute approximate surface area is 270 Å². The molecule has 3 aromatic rings. The monoisotopic (exact) mass is 639 g/mol. The fraction of sp³-hybridized carbons (Fsp3) is 0.417. The second-order valence-electron chi connectivity index (χ2n) is 13.8. The van der Waals surface area contributed by atoms with E-state index in [0.29, 0.717) is 49.4 Å². The fourth-order valence-corrected chi connectivity index (χ4v) is 10.8. The van der Waals surface area contributed by atoms with Crippen LogP contribution < -0.4 is 9.80 Å². The Morgan fingerprint density at radius 1 is 1.02 bits per heavy atom. The Hall–Kier alpha value is -3.83. The van der Waals surface area contributed by atoms with Crippen molar-refractivity contribution in [3.05, 3.63) is 95.1 Å². The second-order valence-corrected chi connectivity index (χ2v) is 17.7. The molecule has 3 amide bonds. The summed E-state index contributed by atoms with van der Waals surface area (Å²) in [5.74, 6) is -0.796. The highest BCUT2D eigenvalue weighted by Gasteiger charge is 2.66. The van der Waals surface area contributed by atoms with Crippen molar-refractivity contribution >= 4 is 37.4 Å². The summed E-state index contributed by atoms with van der Waals surface area (Å²) in [5.41, 5.74) is 3.40. The zero-order valence-corrected chi connectivity index (χ0v) is 27.6. The number of hydrogen-bond acceptors (Lipinski definition) is 6. The van der Waals surface area contributed by atoms with Crippen LogP contribution >= 0.6 is 0 Å². The zero-order chi connectivity index (χ0) is 32.4. The van der Waals surface area contributed by atoms with Gasteiger partial charge in [-0.05, 0) is 54.4 Å². The maximum absolute atomic E-state index is 14.8. The van der Waals surface area contributed by atoms with Gasteiger partial charge in [-0.25, -0.2) is 0 Å². The van der Waals surface area contributed by atoms with E-state index in [9.17, 15) is 24.3 Å². The Morgan fingerprint density at radius 3 is 2.39 bits per heavy atom. The predicted octanol–water partition coefficient (Wildman–Crippen LogP) is 4.10. The summed E-state index contributed by atoms with van der Waals surface area (Å²) in [5, 5.41) is 10.3. The third kappa shape index (κ3) is 4.90. The van der Waals surface area contributed by atoms with E-state index < -0.39 is 31.5 Å². The van der Waals surface area contributed by atoms with Crippen LogP contribution in [0.4, 0.5) is 11.4 Å². The lowest BCUT2D eigenvalue weighted by Crippen LogP contribution is -2.48. The number of β-lactam (4-membered cyclic amide) rings is 1. The summed E-state index contributed by atoms with van der Waals surface area (Å²) in [4.78, 5) is 58.3. The molecule has 240 valence electrons. The van der Waals surface area contributed by atoms with Gasteiger partial charge in [-0.1, -0.05) is 61.5 Å². The van der Waals surface area contributed by atoms with Gasteiger partial charge in [0.25, 0.3) is 5.91 Å². The molecule has 7 rings (SSSR count). The standard InChI is InChI=1S/C36H41N3O6Si/c1-23-34(46(2,3)44)31(19-33(42)38-21-26-12-8-7-11-25(26)17-28(38)22-40)45-36(23)29-18-27(37-16-15-32(37)41)13-14-30(29)39(35(36)43)20-24-9-5-4-6-10-24/h4-14,18,23,28,31,34,40,44H,15-17,19-22H2,1-3H3/t23-,28-,31+,34-,36+/m0/s1. The summed E-state index contributed by atoms with van der Waals surface area (Å²) in [6.07, 6.45) is 0.318. The third-order valence-corrected chi connectivity index (χ3v) is 13.1. The van der Waals surface area contributed by atoms with Crippen LogP contribution in [0.15, 0.2) is 72.8 Å². The van der Waals surface area contributed by atoms with Crippen molar-refractivity contribution in [3.63, 3.8) is 0 Å². The molecule has 0 aliphatic carbocycles. The minimum absolute atomic E-state index is 0.0159. The van der Waals surface area contributed by atoms with Crippen molar-refractivity contribution < 1.29 is 29.0 Å². The quantitative estimate of drug-likeness (QED) is 0.298. The number of aliphatic hydroxyl groups is 1. The number of amides is 3. The molecule has 0 radical (unpaired) electrons. The van der Waals surface area contributed by atoms with Crippen LogP contribution in [0, 0.1) is 5.92 Å². The predicted molar refractivity (Wildman–Crippen MR) is 176 cm³/mol. The molecule has 0 bridgehead atoms. The van der Waals surface area contributed by atoms with E-state index in [2.05, 4.69) is 0 Å². The van der Waals surface area contributed by atoms with Crippen molar-refractivity contribution in [1.29, 1.82) is 0 Å². The molecule has 4 aliphatic rings. The number of hydrogen-bond donors (Lipinski definition) is 2. The topological polar surface area (TPSA) is 111 Å². The number of fused-ring (bicyclic) bond motifs is 3. The molecule has 4 aliphatic heterocycles. The zero-order valence-electron chi connectivity index (χ0n) is 26.6. The molecule has 2 saturated heterocycles. The smallest absolute Gasteiger partial charge is 0.264 e. The van der Waals surface area contributed by atoms with Gasteiger partial charge in [0.1, 0.15) is 0 Å². The second kappa shape index (κ2) is 11.4. The maximum atomic E-state index is 14.8. The first-order valence-corrected chi connectivity index (χ1v) is 19.2. The van der Waals surface area contributed by atoms with E-state index >= 15 is 0 Å². The Kier molecular flexibility index (Phi) is 7.67. The molecule has 1 spiro atoms. The SMILES string of the molecule is C[C@H]1[C@H]([Si](C)(C)O)[C@@H](CC(=O)N2Cc3ccccc3C[C@H]2CO)O[C@]12C(=O)N(Cc1ccccc1)c1ccc(N3CCC3=O)cc12. The lowest BCUT2D eigenvalue weighted by molar-refractivity contribution is -0.151. The average molecular weight is 640 g/mol. The largest absolute Gasteiger partial charge is 0.432 e. The van der Waals surface area contributed by atoms with Crippen LogP contribution in [0.5, 0.6) is 0 Å². The van der Waals surface area contributed by atoms with Crippen LogP contribution in [-0.2, 0) is 44.2 Å². The van der Waals surface area contributed by atoms with Crippen LogP contribution in [0.25, 0.3) is 0 Å². The Morgan fingerprint density at radius 2 is 1.74 bits per heavy atom. The molecule has 0 aromatic heterocycles. The number of aliphatic hydroxyl groups excluding tert-OH is 1. The van der Waals surface area contributed by atoms with E-state index in [-0.39, 0.29) is 36.8 Å². The van der Waals surface area contributed by atoms with Gasteiger partial charge >= 0.3 is 0 Å². The molecule has 9 nitrogen and oxygen atoms in total. The van der Waals surface area contributed by atoms with Gasteiger partial charge in [0.15, 0.2) is 13.9 Å². The molecule has 46 heavy (non-hydrogen) atoms. The van der Waals surface area contributed by atoms with Gasteiger partial charge in [0.05, 0.1) is 37.4 Å². The lowest BCUT2D eigenvalue weighted by atomic mass is 9.82. The first-order valence-electron chi connectivity index (χ1n) is 16.2. The maximum Gasteiger partial charge on any atom is 0.264 e. The first kappa shape index (κ1) is 30.8. The molecule has 10 heteroatoms. The van der Waals surface area contributed by atoms with Gasteiger partial charge in [0.2, 0.25) is 11.8 Å². The molecule has 2 fully saturated rings. The summed E-state index contributed by atoms with van der Waals surface area (Å²) < 4.78 is 6.95. The first-order chi connectivity index (χ1) is 22.0. The van der Waals surface area contributed by atoms with E-state index in [4.69, 9.17) is 4.74 Å². The summed E-state index contributed by atoms with van der Waals surface area (Å²) in [6, 6.07) is 23.1. The normalized spacial score (nSPS) is 27.2. The molecular formula is C36H41N3O6Si. The van der Waals surface area contributed by atoms with Crippen LogP contribution in [0.3, 0.4) is 0 Å². The average Bonchev–Trinajstić information content (AvgIpc) is 3.46. The molecule has 0 saturated carbocycles. The summed E-state index contributed by atoms with van der Waals surface area (Å²) in [6.45, 7) is 6.84. The van der Waals surface area contributed by atoms with E-state index in [1.54, 1.807) is 14.7 Å². The number of nitrogens with zero attached hydrogens (tertiary/aromatic N) is 3. The van der Waals surface area contributed by atoms with Gasteiger partial charge in [-0.2, -0.15) is 0 Å². The van der Waals surface area contributed by atoms with Gasteiger partial charge in [-0.3, -0.25) is 14.4 Å². The fourth-order valence-electron chi connectivity index (χ4n) is 8.28. The number of carbonyl (C=O) groups excluding carboxylic acids is 3. The lowest BCUT2D eigenvalue weighted by Gasteiger charge is -2.37. The summed E-state index contributed by atoms with van der Waals surface area (Å²) in [7, 11) is -3.01. The Balaban J connectivity index is 1.27. The minimum atomic E-state index is -3.01. The van der Waals surface area contributed by atoms with E-state index in [1.165, 1.54) is 0 Å². The molecule has 5 atom stereocenters. The van der Waals surface area contributed by atoms with Gasteiger partial charge in [-0.15, -0.1) is 0 Å². The number of rotatable bonds is 7. The molecule has 0 unspecified atom stereocenters. The van der Waals surface area contributed by atoms with Crippen molar-refractivity contribution in [2.75, 3.05) is 23.0 Å². The Bertz CT molecular complexity index is 1690. The highest BCUT2D eigenvalue weighted by molar-refractivity contribution is 6.71. The molecular weight excluding hydrogens is 598 g/mol. The highest BCUT2D eigenvalue weighted by Crippen LogP contribution is 2.60. The van der Waals surface area contributed by atoms with E-state index in [0.717, 1.165) is 16.7 Å². The van der Waals surface area contributed by atoms with Gasteiger partial charge < -0.3 is 29.3 Å². The molecule has 2 N–H and O–H groups in total. The number of carbonyl (C=O) groups is 3. The van der Waals surface area contributed by atoms with Crippen molar-refractivity contribution in [1.82, 2.24) is 4.90 Å². The van der Waals surface area contributed by atoms with Crippen molar-refractivity contribution in [3.8, 4) is 0 Å². The van der Waals surface area contributed by atoms with Crippen LogP contribution in [0.1, 0.15) is 42.0 Å². The highest BCUT2D eigenvalue weighted by atomic mass is 28.4. The number of ether oxygens (including phenoxy) is 1. The minimum Gasteiger partial charge on any atom is -0.432 e. The third-order valence-electron chi connectivity index (χ3n) is 10.6. The van der Waals surface area contributed by atoms with Crippen LogP contribution in [-0.4, -0.2) is 66.1 Å². The number of benzene rings is 3. The molecule has 4 heterocycles. The van der Waals surface area contributed by atoms with Crippen molar-refractivity contribution in [2.45, 2.75) is 75.7 Å². The van der Waals surface area contributed by atoms with Crippen LogP contribution in [0.2, 0.25) is 18.6 Å². The summed E-state index contributed by atoms with van der Waals surface area (Å²) >= 11 is 0. The number of anilines is 2. The van der Waals surface area contributed by atoms with Crippen molar-refractivity contribution in [2.24, 2.45) is 5.92 Å². The molecule has 3 aromatic carbocycles.